The Balaban J connectivity index is 2.34. The summed E-state index contributed by atoms with van der Waals surface area (Å²) in [6.07, 6.45) is 5.67. The summed E-state index contributed by atoms with van der Waals surface area (Å²) < 4.78 is 26.7. The number of amides is 1. The second-order valence-electron chi connectivity index (χ2n) is 5.29. The van der Waals surface area contributed by atoms with E-state index in [1.165, 1.54) is 59.5 Å². The van der Waals surface area contributed by atoms with Gasteiger partial charge in [-0.3, -0.25) is 4.79 Å². The molecule has 0 aliphatic heterocycles. The summed E-state index contributed by atoms with van der Waals surface area (Å²) in [5.74, 6) is -2.54. The van der Waals surface area contributed by atoms with E-state index in [0.29, 0.717) is 5.69 Å². The van der Waals surface area contributed by atoms with Crippen molar-refractivity contribution >= 4 is 11.6 Å². The quantitative estimate of drug-likeness (QED) is 0.591. The first-order valence-electron chi connectivity index (χ1n) is 7.66. The standard InChI is InChI=1S/C20H17F2NO3/c1-2-4-17(24)5-3-12-23(16-9-7-15(21)8-10-16)20(26)14-6-11-19(25)18(22)13-14/h2-11,13,24-25H,1,12H2/b5-3-,17-4+. The van der Waals surface area contributed by atoms with Crippen molar-refractivity contribution in [3.05, 3.63) is 96.3 Å². The van der Waals surface area contributed by atoms with E-state index < -0.39 is 23.3 Å². The number of aromatic hydroxyl groups is 1. The van der Waals surface area contributed by atoms with E-state index in [2.05, 4.69) is 6.58 Å². The monoisotopic (exact) mass is 357 g/mol. The highest BCUT2D eigenvalue weighted by molar-refractivity contribution is 6.06. The van der Waals surface area contributed by atoms with Gasteiger partial charge in [-0.2, -0.15) is 0 Å². The van der Waals surface area contributed by atoms with E-state index in [-0.39, 0.29) is 17.9 Å². The number of allylic oxidation sites excluding steroid dienone is 3. The molecule has 134 valence electrons. The van der Waals surface area contributed by atoms with Gasteiger partial charge in [0, 0.05) is 17.8 Å². The number of anilines is 1. The van der Waals surface area contributed by atoms with E-state index in [1.807, 2.05) is 0 Å². The maximum atomic E-state index is 13.6. The molecule has 0 fully saturated rings. The second kappa shape index (κ2) is 8.62. The predicted molar refractivity (Wildman–Crippen MR) is 96.2 cm³/mol. The Hall–Kier alpha value is -3.41. The summed E-state index contributed by atoms with van der Waals surface area (Å²) in [7, 11) is 0. The lowest BCUT2D eigenvalue weighted by Gasteiger charge is -2.21. The van der Waals surface area contributed by atoms with Crippen LogP contribution in [0.1, 0.15) is 10.4 Å². The molecule has 0 unspecified atom stereocenters. The highest BCUT2D eigenvalue weighted by Crippen LogP contribution is 2.21. The molecule has 0 aliphatic rings. The second-order valence-corrected chi connectivity index (χ2v) is 5.29. The molecule has 0 aliphatic carbocycles. The maximum Gasteiger partial charge on any atom is 0.258 e. The van der Waals surface area contributed by atoms with Gasteiger partial charge in [0.1, 0.15) is 11.6 Å². The summed E-state index contributed by atoms with van der Waals surface area (Å²) in [4.78, 5) is 14.0. The van der Waals surface area contributed by atoms with Crippen molar-refractivity contribution in [3.63, 3.8) is 0 Å². The van der Waals surface area contributed by atoms with Gasteiger partial charge in [0.2, 0.25) is 0 Å². The molecule has 0 heterocycles. The molecule has 0 bridgehead atoms. The smallest absolute Gasteiger partial charge is 0.258 e. The third-order valence-electron chi connectivity index (χ3n) is 3.44. The molecular weight excluding hydrogens is 340 g/mol. The van der Waals surface area contributed by atoms with Gasteiger partial charge in [-0.05, 0) is 54.6 Å². The van der Waals surface area contributed by atoms with Gasteiger partial charge in [-0.1, -0.05) is 18.7 Å². The van der Waals surface area contributed by atoms with E-state index in [9.17, 15) is 23.8 Å². The number of rotatable bonds is 6. The summed E-state index contributed by atoms with van der Waals surface area (Å²) in [6.45, 7) is 3.50. The topological polar surface area (TPSA) is 60.8 Å². The van der Waals surface area contributed by atoms with Crippen LogP contribution in [-0.2, 0) is 0 Å². The molecule has 0 saturated heterocycles. The molecule has 26 heavy (non-hydrogen) atoms. The SMILES string of the molecule is C=C/C=C(O)\C=C/CN(C(=O)c1ccc(O)c(F)c1)c1ccc(F)cc1. The number of phenols is 1. The Morgan fingerprint density at radius 2 is 1.85 bits per heavy atom. The van der Waals surface area contributed by atoms with E-state index in [0.717, 1.165) is 12.1 Å². The Kier molecular flexibility index (Phi) is 6.27. The van der Waals surface area contributed by atoms with Crippen molar-refractivity contribution in [3.8, 4) is 5.75 Å². The largest absolute Gasteiger partial charge is 0.508 e. The van der Waals surface area contributed by atoms with Crippen LogP contribution in [0, 0.1) is 11.6 Å². The number of carbonyl (C=O) groups excluding carboxylic acids is 1. The van der Waals surface area contributed by atoms with Crippen LogP contribution in [-0.4, -0.2) is 22.7 Å². The lowest BCUT2D eigenvalue weighted by molar-refractivity contribution is 0.0989. The normalized spacial score (nSPS) is 11.5. The van der Waals surface area contributed by atoms with Crippen LogP contribution in [0.2, 0.25) is 0 Å². The molecule has 2 rings (SSSR count). The number of benzene rings is 2. The lowest BCUT2D eigenvalue weighted by Crippen LogP contribution is -2.31. The van der Waals surface area contributed by atoms with Gasteiger partial charge in [-0.25, -0.2) is 8.78 Å². The molecule has 0 radical (unpaired) electrons. The third-order valence-corrected chi connectivity index (χ3v) is 3.44. The molecule has 4 nitrogen and oxygen atoms in total. The van der Waals surface area contributed by atoms with Crippen molar-refractivity contribution in [2.75, 3.05) is 11.4 Å². The van der Waals surface area contributed by atoms with E-state index in [1.54, 1.807) is 0 Å². The number of aliphatic hydroxyl groups excluding tert-OH is 1. The molecule has 0 spiro atoms. The zero-order valence-corrected chi connectivity index (χ0v) is 13.8. The van der Waals surface area contributed by atoms with Crippen LogP contribution in [0.4, 0.5) is 14.5 Å². The third kappa shape index (κ3) is 4.80. The fraction of sp³-hybridized carbons (Fsp3) is 0.0500. The molecular formula is C20H17F2NO3. The number of nitrogens with zero attached hydrogens (tertiary/aromatic N) is 1. The molecule has 0 aromatic heterocycles. The van der Waals surface area contributed by atoms with Crippen molar-refractivity contribution < 1.29 is 23.8 Å². The zero-order valence-electron chi connectivity index (χ0n) is 13.8. The predicted octanol–water partition coefficient (Wildman–Crippen LogP) is 4.50. The molecule has 0 atom stereocenters. The minimum absolute atomic E-state index is 0.0175. The van der Waals surface area contributed by atoms with E-state index >= 15 is 0 Å². The van der Waals surface area contributed by atoms with Gasteiger partial charge >= 0.3 is 0 Å². The first kappa shape index (κ1) is 18.9. The van der Waals surface area contributed by atoms with Gasteiger partial charge in [0.25, 0.3) is 5.91 Å². The van der Waals surface area contributed by atoms with Crippen molar-refractivity contribution in [1.82, 2.24) is 0 Å². The Morgan fingerprint density at radius 1 is 1.15 bits per heavy atom. The van der Waals surface area contributed by atoms with Crippen molar-refractivity contribution in [2.45, 2.75) is 0 Å². The minimum atomic E-state index is -0.919. The molecule has 2 aromatic rings. The fourth-order valence-corrected chi connectivity index (χ4v) is 2.18. The Morgan fingerprint density at radius 3 is 2.46 bits per heavy atom. The van der Waals surface area contributed by atoms with Crippen LogP contribution < -0.4 is 4.90 Å². The van der Waals surface area contributed by atoms with Crippen LogP contribution in [0.3, 0.4) is 0 Å². The van der Waals surface area contributed by atoms with Crippen LogP contribution in [0.25, 0.3) is 0 Å². The van der Waals surface area contributed by atoms with Crippen LogP contribution in [0.15, 0.2) is 79.1 Å². The Labute approximate surface area is 149 Å². The maximum absolute atomic E-state index is 13.6. The average molecular weight is 357 g/mol. The number of hydrogen-bond donors (Lipinski definition) is 2. The van der Waals surface area contributed by atoms with Crippen molar-refractivity contribution in [2.24, 2.45) is 0 Å². The highest BCUT2D eigenvalue weighted by Gasteiger charge is 2.18. The minimum Gasteiger partial charge on any atom is -0.508 e. The van der Waals surface area contributed by atoms with Gasteiger partial charge < -0.3 is 15.1 Å². The van der Waals surface area contributed by atoms with Gasteiger partial charge in [0.15, 0.2) is 11.6 Å². The Bertz CT molecular complexity index is 858. The first-order valence-corrected chi connectivity index (χ1v) is 7.66. The van der Waals surface area contributed by atoms with Crippen LogP contribution in [0.5, 0.6) is 5.75 Å². The number of hydrogen-bond acceptors (Lipinski definition) is 3. The molecule has 2 N–H and O–H groups in total. The molecule has 0 saturated carbocycles. The number of halogens is 2. The number of carbonyl (C=O) groups is 1. The van der Waals surface area contributed by atoms with Gasteiger partial charge in [-0.15, -0.1) is 0 Å². The number of phenolic OH excluding ortho intramolecular Hbond substituents is 1. The summed E-state index contributed by atoms with van der Waals surface area (Å²) >= 11 is 0. The van der Waals surface area contributed by atoms with Crippen LogP contribution >= 0.6 is 0 Å². The average Bonchev–Trinajstić information content (AvgIpc) is 2.62. The lowest BCUT2D eigenvalue weighted by atomic mass is 10.1. The molecule has 1 amide bonds. The van der Waals surface area contributed by atoms with E-state index in [4.69, 9.17) is 0 Å². The molecule has 6 heteroatoms. The first-order chi connectivity index (χ1) is 12.4. The van der Waals surface area contributed by atoms with Gasteiger partial charge in [0.05, 0.1) is 0 Å². The van der Waals surface area contributed by atoms with Crippen molar-refractivity contribution in [1.29, 1.82) is 0 Å². The summed E-state index contributed by atoms with van der Waals surface area (Å²) in [5, 5.41) is 18.8. The summed E-state index contributed by atoms with van der Waals surface area (Å²) in [6, 6.07) is 8.52. The number of aliphatic hydroxyl groups is 1. The molecule has 2 aromatic carbocycles. The zero-order chi connectivity index (χ0) is 19.1. The summed E-state index contributed by atoms with van der Waals surface area (Å²) in [5.41, 5.74) is 0.408. The fourth-order valence-electron chi connectivity index (χ4n) is 2.18. The highest BCUT2D eigenvalue weighted by atomic mass is 19.1.